The number of aromatic nitrogens is 1. The van der Waals surface area contributed by atoms with Crippen molar-refractivity contribution in [3.05, 3.63) is 22.3 Å². The molecule has 0 spiro atoms. The second-order valence-electron chi connectivity index (χ2n) is 3.55. The fourth-order valence-electron chi connectivity index (χ4n) is 1.24. The van der Waals surface area contributed by atoms with E-state index < -0.39 is 0 Å². The second-order valence-corrected chi connectivity index (χ2v) is 4.34. The van der Waals surface area contributed by atoms with Crippen LogP contribution in [0.3, 0.4) is 0 Å². The van der Waals surface area contributed by atoms with Gasteiger partial charge in [0.05, 0.1) is 4.47 Å². The highest BCUT2D eigenvalue weighted by Crippen LogP contribution is 2.23. The molecular formula is C11H16BrN3O. The summed E-state index contributed by atoms with van der Waals surface area (Å²) in [6.07, 6.45) is 1.72. The van der Waals surface area contributed by atoms with Crippen LogP contribution < -0.4 is 10.6 Å². The van der Waals surface area contributed by atoms with E-state index in [9.17, 15) is 4.79 Å². The number of rotatable bonds is 4. The highest BCUT2D eigenvalue weighted by Gasteiger charge is 2.13. The Labute approximate surface area is 104 Å². The zero-order chi connectivity index (χ0) is 12.1. The van der Waals surface area contributed by atoms with Crippen LogP contribution >= 0.6 is 15.9 Å². The topological polar surface area (TPSA) is 54.0 Å². The smallest absolute Gasteiger partial charge is 0.242 e. The number of aryl methyl sites for hydroxylation is 1. The first-order valence-corrected chi connectivity index (χ1v) is 6.01. The molecule has 1 heterocycles. The molecule has 0 fully saturated rings. The fraction of sp³-hybridized carbons (Fsp3) is 0.455. The summed E-state index contributed by atoms with van der Waals surface area (Å²) >= 11 is 3.44. The van der Waals surface area contributed by atoms with Gasteiger partial charge in [0.25, 0.3) is 0 Å². The van der Waals surface area contributed by atoms with Gasteiger partial charge in [0.15, 0.2) is 0 Å². The molecule has 1 atom stereocenters. The van der Waals surface area contributed by atoms with Crippen molar-refractivity contribution in [3.63, 3.8) is 0 Å². The normalized spacial score (nSPS) is 12.0. The first-order chi connectivity index (χ1) is 7.56. The summed E-state index contributed by atoms with van der Waals surface area (Å²) in [5, 5.41) is 5.82. The summed E-state index contributed by atoms with van der Waals surface area (Å²) in [5.74, 6) is 0.663. The van der Waals surface area contributed by atoms with Crippen LogP contribution in [-0.4, -0.2) is 23.5 Å². The molecule has 1 rings (SSSR count). The fourth-order valence-corrected chi connectivity index (χ4v) is 1.59. The van der Waals surface area contributed by atoms with Crippen LogP contribution in [0.1, 0.15) is 19.4 Å². The van der Waals surface area contributed by atoms with Gasteiger partial charge in [-0.05, 0) is 48.3 Å². The zero-order valence-electron chi connectivity index (χ0n) is 9.67. The Balaban J connectivity index is 2.73. The predicted octanol–water partition coefficient (Wildman–Crippen LogP) is 2.09. The Bertz CT molecular complexity index is 381. The molecule has 0 aliphatic heterocycles. The van der Waals surface area contributed by atoms with Crippen molar-refractivity contribution < 1.29 is 4.79 Å². The van der Waals surface area contributed by atoms with Crippen molar-refractivity contribution in [2.75, 3.05) is 11.9 Å². The first-order valence-electron chi connectivity index (χ1n) is 5.21. The van der Waals surface area contributed by atoms with E-state index in [1.165, 1.54) is 0 Å². The lowest BCUT2D eigenvalue weighted by molar-refractivity contribution is -0.121. The average Bonchev–Trinajstić information content (AvgIpc) is 2.25. The summed E-state index contributed by atoms with van der Waals surface area (Å²) in [5.41, 5.74) is 1.08. The zero-order valence-corrected chi connectivity index (χ0v) is 11.3. The monoisotopic (exact) mass is 285 g/mol. The molecular weight excluding hydrogens is 270 g/mol. The maximum absolute atomic E-state index is 11.5. The maximum atomic E-state index is 11.5. The highest BCUT2D eigenvalue weighted by molar-refractivity contribution is 9.10. The molecule has 0 saturated heterocycles. The van der Waals surface area contributed by atoms with Crippen molar-refractivity contribution in [1.29, 1.82) is 0 Å². The molecule has 0 radical (unpaired) electrons. The Morgan fingerprint density at radius 3 is 2.94 bits per heavy atom. The number of amides is 1. The molecule has 5 heteroatoms. The molecule has 1 aromatic rings. The largest absolute Gasteiger partial charge is 0.358 e. The summed E-state index contributed by atoms with van der Waals surface area (Å²) in [6.45, 7) is 6.31. The van der Waals surface area contributed by atoms with Crippen LogP contribution in [0.2, 0.25) is 0 Å². The Kier molecular flexibility index (Phi) is 4.73. The van der Waals surface area contributed by atoms with Gasteiger partial charge < -0.3 is 10.6 Å². The van der Waals surface area contributed by atoms with E-state index in [1.807, 2.05) is 19.9 Å². The SMILES string of the molecule is CCNC(=O)C(C)Nc1nccc(C)c1Br. The number of carbonyl (C=O) groups excluding carboxylic acids is 1. The van der Waals surface area contributed by atoms with Crippen LogP contribution in [0.4, 0.5) is 5.82 Å². The van der Waals surface area contributed by atoms with Crippen LogP contribution in [0.5, 0.6) is 0 Å². The molecule has 4 nitrogen and oxygen atoms in total. The van der Waals surface area contributed by atoms with Gasteiger partial charge in [0.1, 0.15) is 11.9 Å². The Morgan fingerprint density at radius 2 is 2.31 bits per heavy atom. The molecule has 88 valence electrons. The molecule has 2 N–H and O–H groups in total. The van der Waals surface area contributed by atoms with E-state index in [1.54, 1.807) is 13.1 Å². The molecule has 1 aromatic heterocycles. The third-order valence-corrected chi connectivity index (χ3v) is 3.18. The molecule has 0 aliphatic carbocycles. The van der Waals surface area contributed by atoms with E-state index in [-0.39, 0.29) is 11.9 Å². The number of nitrogens with zero attached hydrogens (tertiary/aromatic N) is 1. The van der Waals surface area contributed by atoms with E-state index >= 15 is 0 Å². The molecule has 0 saturated carbocycles. The Morgan fingerprint density at radius 1 is 1.62 bits per heavy atom. The van der Waals surface area contributed by atoms with Gasteiger partial charge in [-0.25, -0.2) is 4.98 Å². The molecule has 0 aliphatic rings. The number of anilines is 1. The summed E-state index contributed by atoms with van der Waals surface area (Å²) in [4.78, 5) is 15.7. The van der Waals surface area contributed by atoms with Crippen molar-refractivity contribution in [3.8, 4) is 0 Å². The minimum absolute atomic E-state index is 0.0299. The lowest BCUT2D eigenvalue weighted by Gasteiger charge is -2.15. The van der Waals surface area contributed by atoms with Gasteiger partial charge in [0.2, 0.25) is 5.91 Å². The van der Waals surface area contributed by atoms with Crippen molar-refractivity contribution in [2.45, 2.75) is 26.8 Å². The summed E-state index contributed by atoms with van der Waals surface area (Å²) in [6, 6.07) is 1.61. The summed E-state index contributed by atoms with van der Waals surface area (Å²) < 4.78 is 0.895. The molecule has 0 bridgehead atoms. The standard InChI is InChI=1S/C11H16BrN3O/c1-4-13-11(16)8(3)15-10-9(12)7(2)5-6-14-10/h5-6,8H,4H2,1-3H3,(H,13,16)(H,14,15). The molecule has 0 aromatic carbocycles. The second kappa shape index (κ2) is 5.84. The van der Waals surface area contributed by atoms with Crippen LogP contribution in [-0.2, 0) is 4.79 Å². The predicted molar refractivity (Wildman–Crippen MR) is 68.4 cm³/mol. The van der Waals surface area contributed by atoms with Gasteiger partial charge in [-0.1, -0.05) is 0 Å². The van der Waals surface area contributed by atoms with Gasteiger partial charge in [-0.2, -0.15) is 0 Å². The van der Waals surface area contributed by atoms with Gasteiger partial charge in [0, 0.05) is 12.7 Å². The number of halogens is 1. The molecule has 1 amide bonds. The maximum Gasteiger partial charge on any atom is 0.242 e. The minimum atomic E-state index is -0.300. The first kappa shape index (κ1) is 13.0. The third-order valence-electron chi connectivity index (χ3n) is 2.18. The molecule has 1 unspecified atom stereocenters. The van der Waals surface area contributed by atoms with E-state index in [2.05, 4.69) is 31.5 Å². The number of carbonyl (C=O) groups is 1. The number of hydrogen-bond donors (Lipinski definition) is 2. The minimum Gasteiger partial charge on any atom is -0.358 e. The van der Waals surface area contributed by atoms with Crippen LogP contribution in [0, 0.1) is 6.92 Å². The van der Waals surface area contributed by atoms with Crippen LogP contribution in [0.25, 0.3) is 0 Å². The van der Waals surface area contributed by atoms with Gasteiger partial charge >= 0.3 is 0 Å². The van der Waals surface area contributed by atoms with Crippen molar-refractivity contribution in [2.24, 2.45) is 0 Å². The van der Waals surface area contributed by atoms with E-state index in [4.69, 9.17) is 0 Å². The number of hydrogen-bond acceptors (Lipinski definition) is 3. The number of pyridine rings is 1. The number of likely N-dealkylation sites (N-methyl/N-ethyl adjacent to an activating group) is 1. The lowest BCUT2D eigenvalue weighted by atomic mass is 10.2. The quantitative estimate of drug-likeness (QED) is 0.891. The summed E-state index contributed by atoms with van der Waals surface area (Å²) in [7, 11) is 0. The van der Waals surface area contributed by atoms with Gasteiger partial charge in [-0.3, -0.25) is 4.79 Å². The third kappa shape index (κ3) is 3.20. The van der Waals surface area contributed by atoms with E-state index in [0.717, 1.165) is 10.0 Å². The van der Waals surface area contributed by atoms with Crippen molar-refractivity contribution >= 4 is 27.7 Å². The lowest BCUT2D eigenvalue weighted by Crippen LogP contribution is -2.37. The van der Waals surface area contributed by atoms with Crippen LogP contribution in [0.15, 0.2) is 16.7 Å². The Hall–Kier alpha value is -1.10. The number of nitrogens with one attached hydrogen (secondary N) is 2. The highest BCUT2D eigenvalue weighted by atomic mass is 79.9. The molecule has 16 heavy (non-hydrogen) atoms. The van der Waals surface area contributed by atoms with E-state index in [0.29, 0.717) is 12.4 Å². The van der Waals surface area contributed by atoms with Gasteiger partial charge in [-0.15, -0.1) is 0 Å². The van der Waals surface area contributed by atoms with Crippen molar-refractivity contribution in [1.82, 2.24) is 10.3 Å². The average molecular weight is 286 g/mol.